The molecule has 1 heterocycles. The van der Waals surface area contributed by atoms with E-state index in [2.05, 4.69) is 10.3 Å². The van der Waals surface area contributed by atoms with Gasteiger partial charge in [0.25, 0.3) is 0 Å². The first-order valence-electron chi connectivity index (χ1n) is 8.35. The van der Waals surface area contributed by atoms with Crippen LogP contribution in [-0.4, -0.2) is 41.7 Å². The van der Waals surface area contributed by atoms with Crippen LogP contribution in [-0.2, 0) is 4.79 Å². The number of aliphatic hydroxyl groups is 1. The Balaban J connectivity index is 1.60. The normalized spacial score (nSPS) is 21.0. The van der Waals surface area contributed by atoms with Crippen LogP contribution in [0.2, 0.25) is 5.15 Å². The minimum absolute atomic E-state index is 0.120. The number of halogens is 1. The minimum Gasteiger partial charge on any atom is -0.393 e. The standard InChI is InChI=1S/C17H26ClN3O2/c1-21(16-6-4-5-15(18)20-16)12-3-2-7-17(23)19-13-8-10-14(22)11-9-13/h4-6,13-14,22H,2-3,7-12H2,1H3,(H,19,23). The van der Waals surface area contributed by atoms with Crippen LogP contribution in [0.5, 0.6) is 0 Å². The van der Waals surface area contributed by atoms with Crippen molar-refractivity contribution < 1.29 is 9.90 Å². The van der Waals surface area contributed by atoms with Gasteiger partial charge in [0.05, 0.1) is 6.10 Å². The minimum atomic E-state index is -0.182. The topological polar surface area (TPSA) is 65.5 Å². The number of carbonyl (C=O) groups excluding carboxylic acids is 1. The average molecular weight is 340 g/mol. The lowest BCUT2D eigenvalue weighted by molar-refractivity contribution is -0.122. The molecule has 0 aliphatic heterocycles. The fraction of sp³-hybridized carbons (Fsp3) is 0.647. The summed E-state index contributed by atoms with van der Waals surface area (Å²) >= 11 is 5.89. The molecule has 2 N–H and O–H groups in total. The van der Waals surface area contributed by atoms with E-state index in [1.54, 1.807) is 6.07 Å². The zero-order valence-corrected chi connectivity index (χ0v) is 14.4. The Hall–Kier alpha value is -1.33. The highest BCUT2D eigenvalue weighted by molar-refractivity contribution is 6.29. The van der Waals surface area contributed by atoms with Gasteiger partial charge in [-0.1, -0.05) is 17.7 Å². The summed E-state index contributed by atoms with van der Waals surface area (Å²) in [5.74, 6) is 0.970. The fourth-order valence-corrected chi connectivity index (χ4v) is 3.04. The Morgan fingerprint density at radius 1 is 1.35 bits per heavy atom. The summed E-state index contributed by atoms with van der Waals surface area (Å²) in [6, 6.07) is 5.81. The lowest BCUT2D eigenvalue weighted by Crippen LogP contribution is -2.38. The van der Waals surface area contributed by atoms with E-state index in [-0.39, 0.29) is 18.1 Å². The number of amides is 1. The molecule has 1 aromatic rings. The molecule has 1 aliphatic rings. The van der Waals surface area contributed by atoms with Crippen molar-refractivity contribution in [2.45, 2.75) is 57.1 Å². The van der Waals surface area contributed by atoms with E-state index in [1.807, 2.05) is 24.1 Å². The largest absolute Gasteiger partial charge is 0.393 e. The quantitative estimate of drug-likeness (QED) is 0.592. The highest BCUT2D eigenvalue weighted by Crippen LogP contribution is 2.18. The highest BCUT2D eigenvalue weighted by atomic mass is 35.5. The van der Waals surface area contributed by atoms with Crippen LogP contribution in [0.1, 0.15) is 44.9 Å². The molecule has 1 amide bonds. The van der Waals surface area contributed by atoms with Gasteiger partial charge in [-0.15, -0.1) is 0 Å². The van der Waals surface area contributed by atoms with Crippen molar-refractivity contribution in [3.05, 3.63) is 23.4 Å². The Kier molecular flexibility index (Phi) is 7.12. The molecule has 128 valence electrons. The second-order valence-electron chi connectivity index (χ2n) is 6.27. The third kappa shape index (κ3) is 6.36. The first kappa shape index (κ1) is 18.0. The maximum Gasteiger partial charge on any atom is 0.220 e. The number of pyridine rings is 1. The molecule has 23 heavy (non-hydrogen) atoms. The number of aromatic nitrogens is 1. The third-order valence-electron chi connectivity index (χ3n) is 4.30. The number of carbonyl (C=O) groups is 1. The summed E-state index contributed by atoms with van der Waals surface area (Å²) in [5, 5.41) is 13.0. The molecule has 0 atom stereocenters. The van der Waals surface area contributed by atoms with Crippen molar-refractivity contribution in [3.8, 4) is 0 Å². The smallest absolute Gasteiger partial charge is 0.220 e. The monoisotopic (exact) mass is 339 g/mol. The second-order valence-corrected chi connectivity index (χ2v) is 6.66. The number of nitrogens with one attached hydrogen (secondary N) is 1. The van der Waals surface area contributed by atoms with Crippen LogP contribution >= 0.6 is 11.6 Å². The molecular formula is C17H26ClN3O2. The molecule has 0 spiro atoms. The van der Waals surface area contributed by atoms with Crippen molar-refractivity contribution in [2.75, 3.05) is 18.5 Å². The van der Waals surface area contributed by atoms with Gasteiger partial charge in [-0.05, 0) is 50.7 Å². The van der Waals surface area contributed by atoms with Crippen molar-refractivity contribution in [1.29, 1.82) is 0 Å². The van der Waals surface area contributed by atoms with Crippen molar-refractivity contribution >= 4 is 23.3 Å². The lowest BCUT2D eigenvalue weighted by Gasteiger charge is -2.26. The van der Waals surface area contributed by atoms with E-state index in [9.17, 15) is 9.90 Å². The Morgan fingerprint density at radius 3 is 2.78 bits per heavy atom. The first-order chi connectivity index (χ1) is 11.0. The predicted octanol–water partition coefficient (Wildman–Crippen LogP) is 2.76. The number of anilines is 1. The van der Waals surface area contributed by atoms with E-state index in [1.165, 1.54) is 0 Å². The zero-order valence-electron chi connectivity index (χ0n) is 13.7. The predicted molar refractivity (Wildman–Crippen MR) is 92.8 cm³/mol. The SMILES string of the molecule is CN(CCCCC(=O)NC1CCC(O)CC1)c1cccc(Cl)n1. The fourth-order valence-electron chi connectivity index (χ4n) is 2.88. The molecule has 0 saturated heterocycles. The van der Waals surface area contributed by atoms with Gasteiger partial charge < -0.3 is 15.3 Å². The molecule has 0 aromatic carbocycles. The number of hydrogen-bond acceptors (Lipinski definition) is 4. The Bertz CT molecular complexity index is 504. The molecule has 1 saturated carbocycles. The van der Waals surface area contributed by atoms with Crippen LogP contribution in [0.4, 0.5) is 5.82 Å². The van der Waals surface area contributed by atoms with Crippen LogP contribution in [0, 0.1) is 0 Å². The summed E-state index contributed by atoms with van der Waals surface area (Å²) in [6.45, 7) is 0.843. The first-order valence-corrected chi connectivity index (χ1v) is 8.73. The summed E-state index contributed by atoms with van der Waals surface area (Å²) in [4.78, 5) is 18.2. The van der Waals surface area contributed by atoms with E-state index in [4.69, 9.17) is 11.6 Å². The molecular weight excluding hydrogens is 314 g/mol. The molecule has 1 fully saturated rings. The molecule has 0 bridgehead atoms. The summed E-state index contributed by atoms with van der Waals surface area (Å²) in [6.07, 6.45) is 5.51. The Labute approximate surface area is 143 Å². The molecule has 6 heteroatoms. The Morgan fingerprint density at radius 2 is 2.09 bits per heavy atom. The maximum absolute atomic E-state index is 11.9. The number of aliphatic hydroxyl groups excluding tert-OH is 1. The van der Waals surface area contributed by atoms with E-state index in [0.29, 0.717) is 11.6 Å². The van der Waals surface area contributed by atoms with Gasteiger partial charge in [-0.2, -0.15) is 0 Å². The number of rotatable bonds is 7. The van der Waals surface area contributed by atoms with Gasteiger partial charge in [-0.25, -0.2) is 4.98 Å². The van der Waals surface area contributed by atoms with Crippen molar-refractivity contribution in [1.82, 2.24) is 10.3 Å². The summed E-state index contributed by atoms with van der Waals surface area (Å²) in [5.41, 5.74) is 0. The second kappa shape index (κ2) is 9.08. The van der Waals surface area contributed by atoms with Gasteiger partial charge in [0.2, 0.25) is 5.91 Å². The molecule has 1 aliphatic carbocycles. The van der Waals surface area contributed by atoms with Gasteiger partial charge in [0, 0.05) is 26.1 Å². The third-order valence-corrected chi connectivity index (χ3v) is 4.51. The van der Waals surface area contributed by atoms with Crippen LogP contribution < -0.4 is 10.2 Å². The molecule has 0 unspecified atom stereocenters. The lowest BCUT2D eigenvalue weighted by atomic mass is 9.93. The molecule has 1 aromatic heterocycles. The van der Waals surface area contributed by atoms with Gasteiger partial charge in [-0.3, -0.25) is 4.79 Å². The van der Waals surface area contributed by atoms with Gasteiger partial charge in [0.15, 0.2) is 0 Å². The maximum atomic E-state index is 11.9. The van der Waals surface area contributed by atoms with Crippen LogP contribution in [0.15, 0.2) is 18.2 Å². The highest BCUT2D eigenvalue weighted by Gasteiger charge is 2.20. The van der Waals surface area contributed by atoms with Crippen molar-refractivity contribution in [2.24, 2.45) is 0 Å². The van der Waals surface area contributed by atoms with Gasteiger partial charge >= 0.3 is 0 Å². The average Bonchev–Trinajstić information content (AvgIpc) is 2.53. The van der Waals surface area contributed by atoms with Crippen molar-refractivity contribution in [3.63, 3.8) is 0 Å². The number of nitrogens with zero attached hydrogens (tertiary/aromatic N) is 2. The summed E-state index contributed by atoms with van der Waals surface area (Å²) < 4.78 is 0. The molecule has 5 nitrogen and oxygen atoms in total. The molecule has 0 radical (unpaired) electrons. The van der Waals surface area contributed by atoms with Crippen LogP contribution in [0.25, 0.3) is 0 Å². The number of hydrogen-bond donors (Lipinski definition) is 2. The molecule has 2 rings (SSSR count). The van der Waals surface area contributed by atoms with E-state index in [0.717, 1.165) is 50.9 Å². The van der Waals surface area contributed by atoms with E-state index < -0.39 is 0 Å². The van der Waals surface area contributed by atoms with Crippen LogP contribution in [0.3, 0.4) is 0 Å². The summed E-state index contributed by atoms with van der Waals surface area (Å²) in [7, 11) is 1.98. The zero-order chi connectivity index (χ0) is 16.7. The van der Waals surface area contributed by atoms with E-state index >= 15 is 0 Å². The van der Waals surface area contributed by atoms with Gasteiger partial charge in [0.1, 0.15) is 11.0 Å². The number of unbranched alkanes of at least 4 members (excludes halogenated alkanes) is 1.